The Bertz CT molecular complexity index is 256. The van der Waals surface area contributed by atoms with Gasteiger partial charge in [-0.3, -0.25) is 9.80 Å². The number of piperidine rings is 1. The van der Waals surface area contributed by atoms with Crippen LogP contribution in [0.4, 0.5) is 0 Å². The number of hydrogen-bond donors (Lipinski definition) is 0. The van der Waals surface area contributed by atoms with Crippen LogP contribution in [0.5, 0.6) is 0 Å². The summed E-state index contributed by atoms with van der Waals surface area (Å²) in [5, 5.41) is 0. The van der Waals surface area contributed by atoms with E-state index in [2.05, 4.69) is 29.6 Å². The summed E-state index contributed by atoms with van der Waals surface area (Å²) < 4.78 is 0. The molecule has 0 aromatic carbocycles. The fraction of sp³-hybridized carbons (Fsp3) is 0.846. The van der Waals surface area contributed by atoms with Crippen molar-refractivity contribution in [2.45, 2.75) is 51.2 Å². The van der Waals surface area contributed by atoms with Gasteiger partial charge in [0.15, 0.2) is 0 Å². The van der Waals surface area contributed by atoms with Crippen LogP contribution in [-0.2, 0) is 0 Å². The summed E-state index contributed by atoms with van der Waals surface area (Å²) in [4.78, 5) is 5.15. The molecule has 2 heteroatoms. The molecule has 0 N–H and O–H groups in total. The first-order chi connectivity index (χ1) is 7.22. The van der Waals surface area contributed by atoms with Gasteiger partial charge in [0.2, 0.25) is 0 Å². The summed E-state index contributed by atoms with van der Waals surface area (Å²) in [6, 6.07) is 1.68. The summed E-state index contributed by atoms with van der Waals surface area (Å²) in [7, 11) is 0. The summed E-state index contributed by atoms with van der Waals surface area (Å²) >= 11 is 0. The van der Waals surface area contributed by atoms with Crippen LogP contribution in [0, 0.1) is 12.3 Å². The van der Waals surface area contributed by atoms with Crippen molar-refractivity contribution in [2.24, 2.45) is 0 Å². The zero-order valence-corrected chi connectivity index (χ0v) is 9.95. The molecule has 2 aliphatic rings. The number of nitrogens with zero attached hydrogens (tertiary/aromatic N) is 2. The highest BCUT2D eigenvalue weighted by Gasteiger charge is 2.34. The van der Waals surface area contributed by atoms with Gasteiger partial charge in [-0.2, -0.15) is 0 Å². The molecule has 0 aromatic heterocycles. The molecule has 2 aliphatic heterocycles. The Hall–Kier alpha value is -0.520. The highest BCUT2D eigenvalue weighted by Crippen LogP contribution is 2.24. The Kier molecular flexibility index (Phi) is 3.33. The third-order valence-corrected chi connectivity index (χ3v) is 3.97. The first-order valence-corrected chi connectivity index (χ1v) is 6.18. The maximum atomic E-state index is 5.53. The van der Waals surface area contributed by atoms with Crippen molar-refractivity contribution >= 4 is 0 Å². The third-order valence-electron chi connectivity index (χ3n) is 3.97. The van der Waals surface area contributed by atoms with Crippen LogP contribution in [0.1, 0.15) is 33.1 Å². The van der Waals surface area contributed by atoms with E-state index in [9.17, 15) is 0 Å². The lowest BCUT2D eigenvalue weighted by molar-refractivity contribution is 0.00680. The van der Waals surface area contributed by atoms with Gasteiger partial charge in [-0.25, -0.2) is 0 Å². The molecule has 2 saturated heterocycles. The monoisotopic (exact) mass is 206 g/mol. The molecule has 0 bridgehead atoms. The Balaban J connectivity index is 2.02. The minimum Gasteiger partial charge on any atom is -0.298 e. The summed E-state index contributed by atoms with van der Waals surface area (Å²) in [6.45, 7) is 8.13. The molecule has 0 saturated carbocycles. The summed E-state index contributed by atoms with van der Waals surface area (Å²) in [5.74, 6) is 2.87. The number of rotatable bonds is 1. The average molecular weight is 206 g/mol. The van der Waals surface area contributed by atoms with Crippen LogP contribution in [0.25, 0.3) is 0 Å². The standard InChI is InChI=1S/C13H22N2/c1-4-11(2)15-10-13-7-5-6-8-14(13)9-12(15)3/h1,11-13H,5-10H2,2-3H3. The lowest BCUT2D eigenvalue weighted by Gasteiger charge is -2.48. The molecule has 0 spiro atoms. The molecule has 3 unspecified atom stereocenters. The Morgan fingerprint density at radius 3 is 2.87 bits per heavy atom. The molecule has 84 valence electrons. The maximum Gasteiger partial charge on any atom is 0.0686 e. The molecular weight excluding hydrogens is 184 g/mol. The van der Waals surface area contributed by atoms with E-state index >= 15 is 0 Å². The molecule has 2 heterocycles. The fourth-order valence-electron chi connectivity index (χ4n) is 3.01. The Morgan fingerprint density at radius 1 is 1.33 bits per heavy atom. The van der Waals surface area contributed by atoms with Crippen molar-refractivity contribution in [2.75, 3.05) is 19.6 Å². The predicted octanol–water partition coefficient (Wildman–Crippen LogP) is 1.57. The lowest BCUT2D eigenvalue weighted by Crippen LogP contribution is -2.60. The van der Waals surface area contributed by atoms with Crippen LogP contribution < -0.4 is 0 Å². The van der Waals surface area contributed by atoms with Gasteiger partial charge in [0.05, 0.1) is 6.04 Å². The number of piperazine rings is 1. The van der Waals surface area contributed by atoms with E-state index in [0.29, 0.717) is 12.1 Å². The first-order valence-electron chi connectivity index (χ1n) is 6.18. The molecule has 2 rings (SSSR count). The quantitative estimate of drug-likeness (QED) is 0.601. The van der Waals surface area contributed by atoms with E-state index in [1.807, 2.05) is 0 Å². The number of terminal acetylenes is 1. The van der Waals surface area contributed by atoms with E-state index in [-0.39, 0.29) is 0 Å². The third kappa shape index (κ3) is 2.19. The Morgan fingerprint density at radius 2 is 2.13 bits per heavy atom. The van der Waals surface area contributed by atoms with Crippen molar-refractivity contribution in [1.82, 2.24) is 9.80 Å². The van der Waals surface area contributed by atoms with E-state index in [4.69, 9.17) is 6.42 Å². The van der Waals surface area contributed by atoms with E-state index in [1.165, 1.54) is 38.9 Å². The van der Waals surface area contributed by atoms with Gasteiger partial charge in [-0.1, -0.05) is 12.3 Å². The normalized spacial score (nSPS) is 35.5. The smallest absolute Gasteiger partial charge is 0.0686 e. The molecule has 0 aromatic rings. The van der Waals surface area contributed by atoms with Crippen LogP contribution in [0.2, 0.25) is 0 Å². The van der Waals surface area contributed by atoms with Gasteiger partial charge in [-0.05, 0) is 33.2 Å². The Labute approximate surface area is 93.6 Å². The van der Waals surface area contributed by atoms with Crippen LogP contribution in [0.15, 0.2) is 0 Å². The molecule has 15 heavy (non-hydrogen) atoms. The highest BCUT2D eigenvalue weighted by atomic mass is 15.3. The lowest BCUT2D eigenvalue weighted by atomic mass is 9.96. The van der Waals surface area contributed by atoms with Crippen molar-refractivity contribution in [1.29, 1.82) is 0 Å². The van der Waals surface area contributed by atoms with Gasteiger partial charge < -0.3 is 0 Å². The van der Waals surface area contributed by atoms with Gasteiger partial charge in [-0.15, -0.1) is 6.42 Å². The van der Waals surface area contributed by atoms with E-state index < -0.39 is 0 Å². The van der Waals surface area contributed by atoms with Crippen molar-refractivity contribution in [3.63, 3.8) is 0 Å². The zero-order valence-electron chi connectivity index (χ0n) is 9.95. The van der Waals surface area contributed by atoms with Crippen LogP contribution in [-0.4, -0.2) is 47.6 Å². The second-order valence-electron chi connectivity index (χ2n) is 5.03. The molecule has 2 nitrogen and oxygen atoms in total. The predicted molar refractivity (Wildman–Crippen MR) is 63.7 cm³/mol. The topological polar surface area (TPSA) is 6.48 Å². The summed E-state index contributed by atoms with van der Waals surface area (Å²) in [6.07, 6.45) is 9.67. The maximum absolute atomic E-state index is 5.53. The molecule has 0 aliphatic carbocycles. The van der Waals surface area contributed by atoms with Crippen molar-refractivity contribution < 1.29 is 0 Å². The van der Waals surface area contributed by atoms with Gasteiger partial charge in [0, 0.05) is 25.2 Å². The fourth-order valence-corrected chi connectivity index (χ4v) is 3.01. The van der Waals surface area contributed by atoms with Gasteiger partial charge >= 0.3 is 0 Å². The average Bonchev–Trinajstić information content (AvgIpc) is 2.27. The van der Waals surface area contributed by atoms with Crippen molar-refractivity contribution in [3.8, 4) is 12.3 Å². The number of fused-ring (bicyclic) bond motifs is 1. The molecule has 0 radical (unpaired) electrons. The minimum absolute atomic E-state index is 0.295. The minimum atomic E-state index is 0.295. The van der Waals surface area contributed by atoms with Crippen LogP contribution >= 0.6 is 0 Å². The number of hydrogen-bond acceptors (Lipinski definition) is 2. The second kappa shape index (κ2) is 4.55. The van der Waals surface area contributed by atoms with E-state index in [1.54, 1.807) is 0 Å². The van der Waals surface area contributed by atoms with Crippen molar-refractivity contribution in [3.05, 3.63) is 0 Å². The summed E-state index contributed by atoms with van der Waals surface area (Å²) in [5.41, 5.74) is 0. The second-order valence-corrected chi connectivity index (χ2v) is 5.03. The van der Waals surface area contributed by atoms with E-state index in [0.717, 1.165) is 6.04 Å². The largest absolute Gasteiger partial charge is 0.298 e. The molecule has 3 atom stereocenters. The SMILES string of the molecule is C#CC(C)N1CC2CCCCN2CC1C. The molecule has 0 amide bonds. The van der Waals surface area contributed by atoms with Gasteiger partial charge in [0.25, 0.3) is 0 Å². The zero-order chi connectivity index (χ0) is 10.8. The van der Waals surface area contributed by atoms with Crippen LogP contribution in [0.3, 0.4) is 0 Å². The van der Waals surface area contributed by atoms with Gasteiger partial charge in [0.1, 0.15) is 0 Å². The molecular formula is C13H22N2. The first kappa shape index (κ1) is 11.0. The highest BCUT2D eigenvalue weighted by molar-refractivity contribution is 5.02. The molecule has 2 fully saturated rings.